The van der Waals surface area contributed by atoms with E-state index in [0.29, 0.717) is 42.9 Å². The lowest BCUT2D eigenvalue weighted by Crippen LogP contribution is -2.44. The van der Waals surface area contributed by atoms with E-state index < -0.39 is 17.7 Å². The summed E-state index contributed by atoms with van der Waals surface area (Å²) in [5, 5.41) is 15.1. The Morgan fingerprint density at radius 2 is 1.98 bits per heavy atom. The monoisotopic (exact) mass is 585 g/mol. The van der Waals surface area contributed by atoms with Crippen LogP contribution in [0.25, 0.3) is 22.2 Å². The highest BCUT2D eigenvalue weighted by atomic mass is 16.6. The van der Waals surface area contributed by atoms with Crippen molar-refractivity contribution in [3.8, 4) is 17.2 Å². The van der Waals surface area contributed by atoms with Crippen molar-refractivity contribution in [3.05, 3.63) is 65.0 Å². The number of nitrogens with one attached hydrogen (secondary N) is 2. The number of fused-ring (bicyclic) bond motifs is 2. The Hall–Kier alpha value is -4.33. The van der Waals surface area contributed by atoms with Crippen molar-refractivity contribution in [2.24, 2.45) is 0 Å². The molecular formula is C33H39N5O5. The van der Waals surface area contributed by atoms with Crippen LogP contribution in [0.1, 0.15) is 67.4 Å². The number of anilines is 1. The highest BCUT2D eigenvalue weighted by Crippen LogP contribution is 2.37. The Morgan fingerprint density at radius 3 is 2.63 bits per heavy atom. The molecule has 2 aliphatic heterocycles. The highest BCUT2D eigenvalue weighted by Gasteiger charge is 2.29. The van der Waals surface area contributed by atoms with Crippen LogP contribution in [0.4, 0.5) is 10.5 Å². The van der Waals surface area contributed by atoms with Crippen molar-refractivity contribution in [3.63, 3.8) is 0 Å². The number of esters is 1. The number of nitriles is 1. The molecular weight excluding hydrogens is 546 g/mol. The Balaban J connectivity index is 1.57. The van der Waals surface area contributed by atoms with Crippen LogP contribution in [0.3, 0.4) is 0 Å². The summed E-state index contributed by atoms with van der Waals surface area (Å²) >= 11 is 0. The van der Waals surface area contributed by atoms with Crippen LogP contribution >= 0.6 is 0 Å². The number of ether oxygens (including phenoxy) is 3. The van der Waals surface area contributed by atoms with Gasteiger partial charge in [-0.05, 0) is 94.5 Å². The molecule has 43 heavy (non-hydrogen) atoms. The van der Waals surface area contributed by atoms with E-state index in [2.05, 4.69) is 23.4 Å². The van der Waals surface area contributed by atoms with Gasteiger partial charge in [0.05, 0.1) is 41.3 Å². The van der Waals surface area contributed by atoms with Crippen LogP contribution in [-0.2, 0) is 20.6 Å². The van der Waals surface area contributed by atoms with Gasteiger partial charge in [-0.2, -0.15) is 5.26 Å². The van der Waals surface area contributed by atoms with Crippen molar-refractivity contribution >= 4 is 28.8 Å². The van der Waals surface area contributed by atoms with Crippen LogP contribution in [0, 0.1) is 18.3 Å². The average molecular weight is 586 g/mol. The average Bonchev–Trinajstić information content (AvgIpc) is 3.55. The summed E-state index contributed by atoms with van der Waals surface area (Å²) in [6.45, 7) is 17.9. The van der Waals surface area contributed by atoms with Gasteiger partial charge < -0.3 is 23.9 Å². The molecule has 1 unspecified atom stereocenters. The normalized spacial score (nSPS) is 16.6. The molecule has 0 radical (unpaired) electrons. The minimum absolute atomic E-state index is 0.244. The van der Waals surface area contributed by atoms with Gasteiger partial charge in [-0.3, -0.25) is 5.01 Å². The minimum atomic E-state index is -0.639. The van der Waals surface area contributed by atoms with Gasteiger partial charge in [0.15, 0.2) is 0 Å². The maximum absolute atomic E-state index is 13.2. The zero-order valence-corrected chi connectivity index (χ0v) is 25.7. The van der Waals surface area contributed by atoms with Crippen molar-refractivity contribution in [2.75, 3.05) is 31.3 Å². The van der Waals surface area contributed by atoms with Crippen LogP contribution < -0.4 is 15.8 Å². The highest BCUT2D eigenvalue weighted by molar-refractivity contribution is 5.95. The molecule has 0 saturated carbocycles. The van der Waals surface area contributed by atoms with Gasteiger partial charge in [0.1, 0.15) is 11.7 Å². The number of hydrogen-bond acceptors (Lipinski definition) is 8. The van der Waals surface area contributed by atoms with E-state index in [4.69, 9.17) is 14.2 Å². The summed E-state index contributed by atoms with van der Waals surface area (Å²) in [6, 6.07) is 10.0. The van der Waals surface area contributed by atoms with Crippen LogP contribution in [0.2, 0.25) is 0 Å². The predicted molar refractivity (Wildman–Crippen MR) is 165 cm³/mol. The molecule has 2 aliphatic rings. The molecule has 3 aromatic rings. The number of rotatable bonds is 6. The van der Waals surface area contributed by atoms with Gasteiger partial charge >= 0.3 is 12.1 Å². The molecule has 0 bridgehead atoms. The van der Waals surface area contributed by atoms with Crippen molar-refractivity contribution in [1.29, 1.82) is 5.26 Å². The number of nitrogens with zero attached hydrogens (tertiary/aromatic N) is 3. The van der Waals surface area contributed by atoms with Gasteiger partial charge in [-0.15, -0.1) is 0 Å². The summed E-state index contributed by atoms with van der Waals surface area (Å²) in [6.07, 6.45) is 1.58. The first kappa shape index (κ1) is 30.1. The summed E-state index contributed by atoms with van der Waals surface area (Å²) in [5.74, 6) is -0.392. The van der Waals surface area contributed by atoms with E-state index in [-0.39, 0.29) is 12.2 Å². The third kappa shape index (κ3) is 6.24. The number of benzene rings is 1. The van der Waals surface area contributed by atoms with E-state index in [1.165, 1.54) is 0 Å². The number of hydrazine groups is 1. The lowest BCUT2D eigenvalue weighted by atomic mass is 9.98. The van der Waals surface area contributed by atoms with Crippen molar-refractivity contribution in [1.82, 2.24) is 15.1 Å². The SMILES string of the molecule is C=C(c1c(C)c(C(=O)OC(C)C)cc2cc(-c3cc(C#N)c4c(c3)CCN4NC(=O)OC(C)(C)C)cn12)C1CNCCO1. The first-order valence-corrected chi connectivity index (χ1v) is 14.6. The third-order valence-electron chi connectivity index (χ3n) is 7.47. The predicted octanol–water partition coefficient (Wildman–Crippen LogP) is 5.16. The van der Waals surface area contributed by atoms with Gasteiger partial charge in [-0.25, -0.2) is 15.0 Å². The van der Waals surface area contributed by atoms with E-state index >= 15 is 0 Å². The number of carbonyl (C=O) groups is 2. The quantitative estimate of drug-likeness (QED) is 0.381. The molecule has 1 amide bonds. The summed E-state index contributed by atoms with van der Waals surface area (Å²) < 4.78 is 19.1. The first-order chi connectivity index (χ1) is 20.4. The van der Waals surface area contributed by atoms with Gasteiger partial charge in [0.2, 0.25) is 0 Å². The molecule has 4 heterocycles. The molecule has 5 rings (SSSR count). The number of carbonyl (C=O) groups excluding carboxylic acids is 2. The molecule has 1 fully saturated rings. The fourth-order valence-electron chi connectivity index (χ4n) is 5.66. The lowest BCUT2D eigenvalue weighted by Gasteiger charge is -2.27. The molecule has 10 heteroatoms. The molecule has 226 valence electrons. The molecule has 1 atom stereocenters. The summed E-state index contributed by atoms with van der Waals surface area (Å²) in [5.41, 5.74) is 9.53. The first-order valence-electron chi connectivity index (χ1n) is 14.6. The van der Waals surface area contributed by atoms with Gasteiger partial charge in [0, 0.05) is 36.9 Å². The van der Waals surface area contributed by atoms with Crippen molar-refractivity contribution < 1.29 is 23.8 Å². The molecule has 1 saturated heterocycles. The van der Waals surface area contributed by atoms with Gasteiger partial charge in [-0.1, -0.05) is 6.58 Å². The third-order valence-corrected chi connectivity index (χ3v) is 7.47. The minimum Gasteiger partial charge on any atom is -0.459 e. The molecule has 2 aromatic heterocycles. The Kier molecular flexibility index (Phi) is 8.23. The van der Waals surface area contributed by atoms with E-state index in [1.807, 2.05) is 55.6 Å². The Labute approximate surface area is 252 Å². The van der Waals surface area contributed by atoms with Crippen LogP contribution in [-0.4, -0.2) is 60.5 Å². The standard InChI is InChI=1S/C33H39N5O5/c1-19(2)42-31(39)27-15-26-14-25(18-37(26)29(20(27)3)21(4)28-17-35-9-11-41-28)23-12-22-8-10-38(30(22)24(13-23)16-34)36-32(40)43-33(5,6)7/h12-15,18-19,28,35H,4,8-11,17H2,1-3,5-7H3,(H,36,40). The van der Waals surface area contributed by atoms with Crippen LogP contribution in [0.15, 0.2) is 37.0 Å². The number of amides is 1. The second kappa shape index (κ2) is 11.7. The van der Waals surface area contributed by atoms with Gasteiger partial charge in [0.25, 0.3) is 0 Å². The fourth-order valence-corrected chi connectivity index (χ4v) is 5.66. The molecule has 10 nitrogen and oxygen atoms in total. The number of pyridine rings is 1. The Morgan fingerprint density at radius 1 is 1.21 bits per heavy atom. The molecule has 2 N–H and O–H groups in total. The lowest BCUT2D eigenvalue weighted by molar-refractivity contribution is 0.0376. The molecule has 0 spiro atoms. The summed E-state index contributed by atoms with van der Waals surface area (Å²) in [7, 11) is 0. The maximum atomic E-state index is 13.2. The maximum Gasteiger partial charge on any atom is 0.426 e. The second-order valence-corrected chi connectivity index (χ2v) is 12.3. The van der Waals surface area contributed by atoms with Crippen LogP contribution in [0.5, 0.6) is 0 Å². The topological polar surface area (TPSA) is 117 Å². The van der Waals surface area contributed by atoms with Crippen molar-refractivity contribution in [2.45, 2.75) is 65.8 Å². The number of morpholine rings is 1. The Bertz CT molecular complexity index is 1640. The zero-order valence-electron chi connectivity index (χ0n) is 25.7. The smallest absolute Gasteiger partial charge is 0.426 e. The second-order valence-electron chi connectivity index (χ2n) is 12.3. The number of hydrogen-bond donors (Lipinski definition) is 2. The van der Waals surface area contributed by atoms with E-state index in [9.17, 15) is 14.9 Å². The van der Waals surface area contributed by atoms with E-state index in [0.717, 1.165) is 45.6 Å². The molecule has 0 aliphatic carbocycles. The largest absolute Gasteiger partial charge is 0.459 e. The fraction of sp³-hybridized carbons (Fsp3) is 0.424. The molecule has 1 aromatic carbocycles. The zero-order chi connectivity index (χ0) is 31.1. The number of aromatic nitrogens is 1. The van der Waals surface area contributed by atoms with E-state index in [1.54, 1.807) is 25.8 Å². The summed E-state index contributed by atoms with van der Waals surface area (Å²) in [4.78, 5) is 25.6.